The minimum atomic E-state index is -0.525. The number of anilines is 1. The number of carbonyl (C=O) groups excluding carboxylic acids is 2. The smallest absolute Gasteiger partial charge is 0.262 e. The molecule has 0 unspecified atom stereocenters. The van der Waals surface area contributed by atoms with Gasteiger partial charge in [0.2, 0.25) is 0 Å². The molecule has 27 heavy (non-hydrogen) atoms. The normalized spacial score (nSPS) is 9.89. The van der Waals surface area contributed by atoms with E-state index in [9.17, 15) is 14.0 Å². The second-order valence-electron chi connectivity index (χ2n) is 5.64. The van der Waals surface area contributed by atoms with Gasteiger partial charge in [0, 0.05) is 20.1 Å². The standard InChI is InChI=1S/C19H22FN3O3.ClH/c1-21-11-12-23(2)19(25)14-7-3-6-10-17(14)26-13-18(24)22-16-9-5-4-8-15(16)20;/h3-10,21H,11-13H2,1-2H3,(H,22,24);1H. The molecule has 0 bridgehead atoms. The van der Waals surface area contributed by atoms with Crippen molar-refractivity contribution in [1.82, 2.24) is 10.2 Å². The molecule has 6 nitrogen and oxygen atoms in total. The first-order valence-electron chi connectivity index (χ1n) is 8.19. The number of nitrogens with zero attached hydrogens (tertiary/aromatic N) is 1. The van der Waals surface area contributed by atoms with Crippen LogP contribution in [0.1, 0.15) is 10.4 Å². The Labute approximate surface area is 164 Å². The first-order chi connectivity index (χ1) is 12.5. The third kappa shape index (κ3) is 6.54. The third-order valence-corrected chi connectivity index (χ3v) is 3.67. The molecule has 2 aromatic carbocycles. The van der Waals surface area contributed by atoms with Crippen LogP contribution in [0.3, 0.4) is 0 Å². The lowest BCUT2D eigenvalue weighted by atomic mass is 10.1. The molecular weight excluding hydrogens is 373 g/mol. The number of amides is 2. The number of ether oxygens (including phenoxy) is 1. The number of halogens is 2. The molecule has 0 aromatic heterocycles. The maximum Gasteiger partial charge on any atom is 0.262 e. The Kier molecular flexibility index (Phi) is 9.25. The number of carbonyl (C=O) groups is 2. The molecule has 146 valence electrons. The monoisotopic (exact) mass is 395 g/mol. The summed E-state index contributed by atoms with van der Waals surface area (Å²) < 4.78 is 19.1. The molecule has 0 spiro atoms. The molecule has 0 atom stereocenters. The number of likely N-dealkylation sites (N-methyl/N-ethyl adjacent to an activating group) is 2. The minimum Gasteiger partial charge on any atom is -0.483 e. The van der Waals surface area contributed by atoms with Gasteiger partial charge in [-0.25, -0.2) is 4.39 Å². The fourth-order valence-corrected chi connectivity index (χ4v) is 2.25. The van der Waals surface area contributed by atoms with Crippen molar-refractivity contribution in [2.45, 2.75) is 0 Å². The van der Waals surface area contributed by atoms with Gasteiger partial charge in [0.05, 0.1) is 11.3 Å². The van der Waals surface area contributed by atoms with Gasteiger partial charge in [-0.1, -0.05) is 24.3 Å². The molecule has 2 aromatic rings. The lowest BCUT2D eigenvalue weighted by Gasteiger charge is -2.19. The predicted octanol–water partition coefficient (Wildman–Crippen LogP) is 2.56. The van der Waals surface area contributed by atoms with Gasteiger partial charge in [-0.05, 0) is 31.3 Å². The van der Waals surface area contributed by atoms with Crippen molar-refractivity contribution in [2.75, 3.05) is 39.1 Å². The number of para-hydroxylation sites is 2. The van der Waals surface area contributed by atoms with Crippen molar-refractivity contribution in [2.24, 2.45) is 0 Å². The topological polar surface area (TPSA) is 70.7 Å². The van der Waals surface area contributed by atoms with Crippen molar-refractivity contribution in [3.05, 3.63) is 59.9 Å². The van der Waals surface area contributed by atoms with Crippen LogP contribution in [-0.2, 0) is 4.79 Å². The van der Waals surface area contributed by atoms with Crippen molar-refractivity contribution >= 4 is 29.9 Å². The minimum absolute atomic E-state index is 0. The highest BCUT2D eigenvalue weighted by molar-refractivity contribution is 5.97. The van der Waals surface area contributed by atoms with E-state index in [0.29, 0.717) is 24.4 Å². The third-order valence-electron chi connectivity index (χ3n) is 3.67. The molecule has 2 rings (SSSR count). The number of nitrogens with one attached hydrogen (secondary N) is 2. The van der Waals surface area contributed by atoms with Gasteiger partial charge in [0.25, 0.3) is 11.8 Å². The van der Waals surface area contributed by atoms with Crippen LogP contribution in [0.25, 0.3) is 0 Å². The maximum atomic E-state index is 13.6. The first-order valence-corrected chi connectivity index (χ1v) is 8.19. The van der Waals surface area contributed by atoms with E-state index in [-0.39, 0.29) is 30.6 Å². The summed E-state index contributed by atoms with van der Waals surface area (Å²) in [7, 11) is 3.50. The van der Waals surface area contributed by atoms with E-state index in [1.54, 1.807) is 42.3 Å². The van der Waals surface area contributed by atoms with E-state index < -0.39 is 11.7 Å². The van der Waals surface area contributed by atoms with E-state index >= 15 is 0 Å². The zero-order valence-electron chi connectivity index (χ0n) is 15.2. The SMILES string of the molecule is CNCCN(C)C(=O)c1ccccc1OCC(=O)Nc1ccccc1F.Cl. The Morgan fingerprint density at radius 1 is 1.11 bits per heavy atom. The Balaban J connectivity index is 0.00000364. The number of rotatable bonds is 8. The van der Waals surface area contributed by atoms with E-state index in [1.807, 2.05) is 7.05 Å². The van der Waals surface area contributed by atoms with Crippen molar-refractivity contribution in [3.8, 4) is 5.75 Å². The molecule has 0 radical (unpaired) electrons. The van der Waals surface area contributed by atoms with E-state index in [1.165, 1.54) is 18.2 Å². The Morgan fingerprint density at radius 2 is 1.78 bits per heavy atom. The fraction of sp³-hybridized carbons (Fsp3) is 0.263. The van der Waals surface area contributed by atoms with Crippen LogP contribution in [-0.4, -0.2) is 50.5 Å². The largest absolute Gasteiger partial charge is 0.483 e. The molecule has 0 fully saturated rings. The van der Waals surface area contributed by atoms with Gasteiger partial charge in [-0.15, -0.1) is 12.4 Å². The summed E-state index contributed by atoms with van der Waals surface area (Å²) in [5, 5.41) is 5.42. The quantitative estimate of drug-likeness (QED) is 0.720. The van der Waals surface area contributed by atoms with E-state index in [4.69, 9.17) is 4.74 Å². The van der Waals surface area contributed by atoms with Gasteiger partial charge >= 0.3 is 0 Å². The highest BCUT2D eigenvalue weighted by Gasteiger charge is 2.17. The van der Waals surface area contributed by atoms with Gasteiger partial charge in [0.1, 0.15) is 11.6 Å². The zero-order valence-corrected chi connectivity index (χ0v) is 16.0. The van der Waals surface area contributed by atoms with E-state index in [2.05, 4.69) is 10.6 Å². The zero-order chi connectivity index (χ0) is 18.9. The lowest BCUT2D eigenvalue weighted by Crippen LogP contribution is -2.33. The van der Waals surface area contributed by atoms with Crippen molar-refractivity contribution < 1.29 is 18.7 Å². The summed E-state index contributed by atoms with van der Waals surface area (Å²) in [5.41, 5.74) is 0.446. The van der Waals surface area contributed by atoms with Gasteiger partial charge in [-0.3, -0.25) is 9.59 Å². The van der Waals surface area contributed by atoms with Crippen LogP contribution in [0.5, 0.6) is 5.75 Å². The molecular formula is C19H23ClFN3O3. The molecule has 0 aliphatic heterocycles. The van der Waals surface area contributed by atoms with E-state index in [0.717, 1.165) is 0 Å². The molecule has 0 heterocycles. The van der Waals surface area contributed by atoms with Crippen molar-refractivity contribution in [3.63, 3.8) is 0 Å². The van der Waals surface area contributed by atoms with Crippen LogP contribution in [0.2, 0.25) is 0 Å². The van der Waals surface area contributed by atoms with Crippen LogP contribution in [0.15, 0.2) is 48.5 Å². The average Bonchev–Trinajstić information content (AvgIpc) is 2.66. The molecule has 2 N–H and O–H groups in total. The second kappa shape index (κ2) is 11.2. The summed E-state index contributed by atoms with van der Waals surface area (Å²) in [5.74, 6) is -0.939. The Bertz CT molecular complexity index is 773. The van der Waals surface area contributed by atoms with Crippen LogP contribution in [0, 0.1) is 5.82 Å². The lowest BCUT2D eigenvalue weighted by molar-refractivity contribution is -0.118. The highest BCUT2D eigenvalue weighted by Crippen LogP contribution is 2.20. The van der Waals surface area contributed by atoms with Gasteiger partial charge in [0.15, 0.2) is 6.61 Å². The van der Waals surface area contributed by atoms with Crippen LogP contribution < -0.4 is 15.4 Å². The molecule has 0 saturated carbocycles. The molecule has 0 aliphatic carbocycles. The summed E-state index contributed by atoms with van der Waals surface area (Å²) in [4.78, 5) is 26.1. The maximum absolute atomic E-state index is 13.6. The van der Waals surface area contributed by atoms with Crippen molar-refractivity contribution in [1.29, 1.82) is 0 Å². The fourth-order valence-electron chi connectivity index (χ4n) is 2.25. The molecule has 0 saturated heterocycles. The predicted molar refractivity (Wildman–Crippen MR) is 105 cm³/mol. The van der Waals surface area contributed by atoms with Gasteiger partial charge < -0.3 is 20.3 Å². The highest BCUT2D eigenvalue weighted by atomic mass is 35.5. The summed E-state index contributed by atoms with van der Waals surface area (Å²) in [6.07, 6.45) is 0. The second-order valence-corrected chi connectivity index (χ2v) is 5.64. The summed E-state index contributed by atoms with van der Waals surface area (Å²) >= 11 is 0. The first kappa shape index (κ1) is 22.4. The molecule has 8 heteroatoms. The summed E-state index contributed by atoms with van der Waals surface area (Å²) in [6.45, 7) is 0.868. The number of benzene rings is 2. The van der Waals surface area contributed by atoms with Crippen LogP contribution >= 0.6 is 12.4 Å². The summed E-state index contributed by atoms with van der Waals surface area (Å²) in [6, 6.07) is 12.6. The average molecular weight is 396 g/mol. The molecule has 2 amide bonds. The Hall–Kier alpha value is -2.64. The van der Waals surface area contributed by atoms with Crippen LogP contribution in [0.4, 0.5) is 10.1 Å². The van der Waals surface area contributed by atoms with Gasteiger partial charge in [-0.2, -0.15) is 0 Å². The number of hydrogen-bond acceptors (Lipinski definition) is 4. The molecule has 0 aliphatic rings. The Morgan fingerprint density at radius 3 is 2.48 bits per heavy atom. The number of hydrogen-bond donors (Lipinski definition) is 2.